The molecule has 2 aromatic rings. The zero-order chi connectivity index (χ0) is 16.3. The average Bonchev–Trinajstić information content (AvgIpc) is 2.43. The first-order valence-electron chi connectivity index (χ1n) is 6.34. The summed E-state index contributed by atoms with van der Waals surface area (Å²) in [5.74, 6) is -3.71. The van der Waals surface area contributed by atoms with Gasteiger partial charge in [0.25, 0.3) is 0 Å². The van der Waals surface area contributed by atoms with Crippen LogP contribution in [-0.2, 0) is 27.8 Å². The van der Waals surface area contributed by atoms with Crippen molar-refractivity contribution in [1.82, 2.24) is 5.10 Å². The minimum Gasteiger partial charge on any atom is -0.386 e. The second-order valence-electron chi connectivity index (χ2n) is 4.60. The number of alkyl halides is 3. The topological polar surface area (TPSA) is 60.1 Å². The smallest absolute Gasteiger partial charge is 0.386 e. The molecule has 116 valence electrons. The molecule has 0 atom stereocenters. The molecule has 22 heavy (non-hydrogen) atoms. The number of aryl methyl sites for hydroxylation is 2. The predicted octanol–water partition coefficient (Wildman–Crippen LogP) is 1.62. The molecular formula is C14H12F3N2O3+. The minimum atomic E-state index is -5.18. The number of nitrogens with zero attached hydrogens (tertiary/aromatic N) is 2. The Bertz CT molecular complexity index is 729. The van der Waals surface area contributed by atoms with Crippen LogP contribution in [-0.4, -0.2) is 23.2 Å². The number of hydrogen-bond donors (Lipinski definition) is 0. The van der Waals surface area contributed by atoms with Gasteiger partial charge < -0.3 is 4.74 Å². The number of esters is 2. The molecule has 0 spiro atoms. The van der Waals surface area contributed by atoms with Crippen molar-refractivity contribution in [3.05, 3.63) is 36.0 Å². The Hall–Kier alpha value is -2.51. The van der Waals surface area contributed by atoms with Crippen LogP contribution in [0.4, 0.5) is 13.2 Å². The van der Waals surface area contributed by atoms with E-state index in [0.717, 1.165) is 10.9 Å². The van der Waals surface area contributed by atoms with Crippen LogP contribution in [0, 0.1) is 0 Å². The van der Waals surface area contributed by atoms with Gasteiger partial charge in [0.2, 0.25) is 0 Å². The highest BCUT2D eigenvalue weighted by Crippen LogP contribution is 2.18. The number of benzene rings is 1. The molecule has 0 unspecified atom stereocenters. The van der Waals surface area contributed by atoms with Gasteiger partial charge in [-0.15, -0.1) is 0 Å². The van der Waals surface area contributed by atoms with E-state index in [1.54, 1.807) is 42.2 Å². The number of aromatic nitrogens is 2. The van der Waals surface area contributed by atoms with Crippen molar-refractivity contribution in [3.63, 3.8) is 0 Å². The summed E-state index contributed by atoms with van der Waals surface area (Å²) in [6.45, 7) is 0. The van der Waals surface area contributed by atoms with Crippen molar-refractivity contribution < 1.29 is 32.2 Å². The third-order valence-electron chi connectivity index (χ3n) is 2.89. The van der Waals surface area contributed by atoms with Gasteiger partial charge in [0.15, 0.2) is 13.2 Å². The van der Waals surface area contributed by atoms with Crippen LogP contribution in [0.3, 0.4) is 0 Å². The van der Waals surface area contributed by atoms with Crippen molar-refractivity contribution >= 4 is 22.8 Å². The molecule has 5 nitrogen and oxygen atoms in total. The second kappa shape index (κ2) is 6.08. The van der Waals surface area contributed by atoms with E-state index in [1.807, 2.05) is 0 Å². The quantitative estimate of drug-likeness (QED) is 0.491. The molecule has 0 saturated carbocycles. The minimum absolute atomic E-state index is 0.140. The molecule has 0 N–H and O–H groups in total. The van der Waals surface area contributed by atoms with Crippen molar-refractivity contribution in [2.75, 3.05) is 0 Å². The number of ether oxygens (including phenoxy) is 1. The molecule has 0 saturated heterocycles. The summed E-state index contributed by atoms with van der Waals surface area (Å²) in [7, 11) is 1.70. The maximum atomic E-state index is 12.0. The van der Waals surface area contributed by atoms with Crippen molar-refractivity contribution in [2.45, 2.75) is 19.0 Å². The second-order valence-corrected chi connectivity index (χ2v) is 4.60. The highest BCUT2D eigenvalue weighted by Gasteiger charge is 2.42. The standard InChI is InChI=1S/C14H12F3N2O3/c1-19-8-9(10-4-2-3-5-11(10)18-19)6-7-12(20)22-13(21)14(15,16)17/h2-5,8H,6-7H2,1H3/q+1. The van der Waals surface area contributed by atoms with E-state index in [4.69, 9.17) is 0 Å². The lowest BCUT2D eigenvalue weighted by Gasteiger charge is -2.06. The maximum absolute atomic E-state index is 12.0. The number of halogens is 3. The monoisotopic (exact) mass is 313 g/mol. The Morgan fingerprint density at radius 2 is 1.95 bits per heavy atom. The fraction of sp³-hybridized carbons (Fsp3) is 0.286. The zero-order valence-corrected chi connectivity index (χ0v) is 11.6. The Kier molecular flexibility index (Phi) is 4.39. The third-order valence-corrected chi connectivity index (χ3v) is 2.89. The van der Waals surface area contributed by atoms with E-state index in [9.17, 15) is 22.8 Å². The Morgan fingerprint density at radius 1 is 1.27 bits per heavy atom. The highest BCUT2D eigenvalue weighted by molar-refractivity contribution is 5.89. The maximum Gasteiger partial charge on any atom is 0.491 e. The predicted molar refractivity (Wildman–Crippen MR) is 68.4 cm³/mol. The molecule has 1 heterocycles. The summed E-state index contributed by atoms with van der Waals surface area (Å²) in [5, 5.41) is 5.03. The van der Waals surface area contributed by atoms with E-state index >= 15 is 0 Å². The molecule has 1 aromatic heterocycles. The summed E-state index contributed by atoms with van der Waals surface area (Å²) in [4.78, 5) is 21.9. The fourth-order valence-corrected chi connectivity index (χ4v) is 1.97. The molecule has 1 aromatic carbocycles. The van der Waals surface area contributed by atoms with E-state index in [-0.39, 0.29) is 12.8 Å². The molecule has 8 heteroatoms. The van der Waals surface area contributed by atoms with Gasteiger partial charge in [-0.1, -0.05) is 22.9 Å². The lowest BCUT2D eigenvalue weighted by molar-refractivity contribution is -0.728. The molecule has 0 aliphatic heterocycles. The van der Waals surface area contributed by atoms with Crippen LogP contribution in [0.2, 0.25) is 0 Å². The third kappa shape index (κ3) is 3.78. The van der Waals surface area contributed by atoms with Crippen LogP contribution in [0.15, 0.2) is 30.5 Å². The molecule has 0 aliphatic carbocycles. The molecular weight excluding hydrogens is 301 g/mol. The Morgan fingerprint density at radius 3 is 2.64 bits per heavy atom. The summed E-state index contributed by atoms with van der Waals surface area (Å²) in [6.07, 6.45) is -3.71. The van der Waals surface area contributed by atoms with Crippen molar-refractivity contribution in [3.8, 4) is 0 Å². The fourth-order valence-electron chi connectivity index (χ4n) is 1.97. The SMILES string of the molecule is C[n+]1cc(CCC(=O)OC(=O)C(F)(F)F)c2ccccc2n1. The Labute approximate surface area is 123 Å². The summed E-state index contributed by atoms with van der Waals surface area (Å²) in [6, 6.07) is 7.17. The highest BCUT2D eigenvalue weighted by atomic mass is 19.4. The van der Waals surface area contributed by atoms with E-state index in [2.05, 4.69) is 9.84 Å². The van der Waals surface area contributed by atoms with Gasteiger partial charge in [-0.2, -0.15) is 13.2 Å². The Balaban J connectivity index is 2.09. The number of fused-ring (bicyclic) bond motifs is 1. The van der Waals surface area contributed by atoms with Gasteiger partial charge in [0, 0.05) is 10.9 Å². The van der Waals surface area contributed by atoms with Crippen LogP contribution >= 0.6 is 0 Å². The summed E-state index contributed by atoms with van der Waals surface area (Å²) in [5.41, 5.74) is 1.42. The van der Waals surface area contributed by atoms with Crippen LogP contribution in [0.5, 0.6) is 0 Å². The van der Waals surface area contributed by atoms with Gasteiger partial charge in [-0.3, -0.25) is 4.79 Å². The molecule has 0 bridgehead atoms. The molecule has 2 rings (SSSR count). The van der Waals surface area contributed by atoms with Gasteiger partial charge >= 0.3 is 18.1 Å². The van der Waals surface area contributed by atoms with Gasteiger partial charge in [0.1, 0.15) is 5.52 Å². The lowest BCUT2D eigenvalue weighted by atomic mass is 10.1. The van der Waals surface area contributed by atoms with Crippen LogP contribution in [0.25, 0.3) is 10.9 Å². The van der Waals surface area contributed by atoms with Crippen molar-refractivity contribution in [2.24, 2.45) is 7.05 Å². The molecule has 0 fully saturated rings. The largest absolute Gasteiger partial charge is 0.491 e. The molecule has 0 amide bonds. The summed E-state index contributed by atoms with van der Waals surface area (Å²) < 4.78 is 41.3. The van der Waals surface area contributed by atoms with E-state index in [1.165, 1.54) is 0 Å². The number of rotatable bonds is 3. The van der Waals surface area contributed by atoms with Crippen LogP contribution < -0.4 is 4.68 Å². The lowest BCUT2D eigenvalue weighted by Crippen LogP contribution is -2.33. The average molecular weight is 313 g/mol. The van der Waals surface area contributed by atoms with Gasteiger partial charge in [-0.25, -0.2) is 4.79 Å². The van der Waals surface area contributed by atoms with E-state index < -0.39 is 18.1 Å². The first-order chi connectivity index (χ1) is 10.3. The van der Waals surface area contributed by atoms with Gasteiger partial charge in [0.05, 0.1) is 6.42 Å². The van der Waals surface area contributed by atoms with Crippen LogP contribution in [0.1, 0.15) is 12.0 Å². The van der Waals surface area contributed by atoms with E-state index in [0.29, 0.717) is 5.52 Å². The number of carbonyl (C=O) groups excluding carboxylic acids is 2. The first kappa shape index (κ1) is 15.9. The van der Waals surface area contributed by atoms with Gasteiger partial charge in [-0.05, 0) is 17.6 Å². The number of carbonyl (C=O) groups is 2. The summed E-state index contributed by atoms with van der Waals surface area (Å²) >= 11 is 0. The number of hydrogen-bond acceptors (Lipinski definition) is 4. The zero-order valence-electron chi connectivity index (χ0n) is 11.6. The van der Waals surface area contributed by atoms with Crippen molar-refractivity contribution in [1.29, 1.82) is 0 Å². The normalized spacial score (nSPS) is 11.5. The molecule has 0 aliphatic rings. The first-order valence-corrected chi connectivity index (χ1v) is 6.34. The molecule has 0 radical (unpaired) electrons.